The van der Waals surface area contributed by atoms with Crippen LogP contribution in [0.4, 0.5) is 17.2 Å². The number of hydrogen-bond acceptors (Lipinski definition) is 5. The van der Waals surface area contributed by atoms with Gasteiger partial charge in [0.15, 0.2) is 0 Å². The maximum absolute atomic E-state index is 12.3. The molecule has 2 N–H and O–H groups in total. The van der Waals surface area contributed by atoms with E-state index in [1.807, 2.05) is 32.0 Å². The van der Waals surface area contributed by atoms with Crippen LogP contribution in [0, 0.1) is 13.8 Å². The minimum atomic E-state index is -3.61. The number of sulfonamides is 1. The highest BCUT2D eigenvalue weighted by molar-refractivity contribution is 7.94. The first-order valence-corrected chi connectivity index (χ1v) is 10.1. The van der Waals surface area contributed by atoms with E-state index in [9.17, 15) is 8.42 Å². The van der Waals surface area contributed by atoms with Gasteiger partial charge in [0, 0.05) is 15.6 Å². The highest BCUT2D eigenvalue weighted by Gasteiger charge is 2.16. The van der Waals surface area contributed by atoms with Crippen molar-refractivity contribution in [1.29, 1.82) is 0 Å². The first-order valence-electron chi connectivity index (χ1n) is 7.42. The highest BCUT2D eigenvalue weighted by Crippen LogP contribution is 2.25. The predicted octanol–water partition coefficient (Wildman–Crippen LogP) is 4.96. The number of aromatic nitrogens is 1. The van der Waals surface area contributed by atoms with Crippen molar-refractivity contribution in [3.8, 4) is 0 Å². The van der Waals surface area contributed by atoms with E-state index in [2.05, 4.69) is 15.0 Å². The van der Waals surface area contributed by atoms with Crippen LogP contribution in [-0.4, -0.2) is 13.4 Å². The second kappa shape index (κ2) is 7.03. The van der Waals surface area contributed by atoms with Crippen LogP contribution in [0.25, 0.3) is 0 Å². The van der Waals surface area contributed by atoms with Crippen molar-refractivity contribution in [2.24, 2.45) is 0 Å². The van der Waals surface area contributed by atoms with Crippen LogP contribution in [0.15, 0.2) is 52.9 Å². The molecular weight excluding hydrogens is 378 g/mol. The fraction of sp³-hybridized carbons (Fsp3) is 0.118. The summed E-state index contributed by atoms with van der Waals surface area (Å²) in [5, 5.41) is 3.85. The van der Waals surface area contributed by atoms with E-state index in [1.165, 1.54) is 11.3 Å². The fourth-order valence-electron chi connectivity index (χ4n) is 2.11. The Morgan fingerprint density at radius 1 is 1.04 bits per heavy atom. The molecule has 0 bridgehead atoms. The SMILES string of the molecule is Cc1ccc(S(=O)(=O)Nc2ccc(Nc3ccc(C)c(Cl)c3)cn2)s1. The molecule has 2 heterocycles. The monoisotopic (exact) mass is 393 g/mol. The lowest BCUT2D eigenvalue weighted by atomic mass is 10.2. The van der Waals surface area contributed by atoms with Gasteiger partial charge in [-0.1, -0.05) is 17.7 Å². The zero-order chi connectivity index (χ0) is 18.0. The Kier molecular flexibility index (Phi) is 4.99. The van der Waals surface area contributed by atoms with Crippen LogP contribution in [0.2, 0.25) is 5.02 Å². The molecule has 130 valence electrons. The largest absolute Gasteiger partial charge is 0.354 e. The normalized spacial score (nSPS) is 11.3. The van der Waals surface area contributed by atoms with Crippen LogP contribution in [0.5, 0.6) is 0 Å². The molecule has 0 spiro atoms. The summed E-state index contributed by atoms with van der Waals surface area (Å²) in [6.07, 6.45) is 1.56. The molecule has 25 heavy (non-hydrogen) atoms. The minimum Gasteiger partial charge on any atom is -0.354 e. The van der Waals surface area contributed by atoms with E-state index in [0.29, 0.717) is 5.02 Å². The summed E-state index contributed by atoms with van der Waals surface area (Å²) < 4.78 is 27.3. The van der Waals surface area contributed by atoms with E-state index in [4.69, 9.17) is 11.6 Å². The average molecular weight is 394 g/mol. The second-order valence-electron chi connectivity index (χ2n) is 5.49. The van der Waals surface area contributed by atoms with E-state index in [1.54, 1.807) is 30.5 Å². The summed E-state index contributed by atoms with van der Waals surface area (Å²) >= 11 is 7.32. The summed E-state index contributed by atoms with van der Waals surface area (Å²) in [7, 11) is -3.61. The molecular formula is C17H16ClN3O2S2. The molecule has 0 amide bonds. The predicted molar refractivity (Wildman–Crippen MR) is 104 cm³/mol. The molecule has 1 aromatic carbocycles. The molecule has 3 aromatic rings. The highest BCUT2D eigenvalue weighted by atomic mass is 35.5. The van der Waals surface area contributed by atoms with Crippen molar-refractivity contribution >= 4 is 50.2 Å². The third kappa shape index (κ3) is 4.31. The lowest BCUT2D eigenvalue weighted by molar-refractivity contribution is 0.603. The summed E-state index contributed by atoms with van der Waals surface area (Å²) in [6.45, 7) is 3.80. The molecule has 0 aliphatic heterocycles. The Morgan fingerprint density at radius 3 is 2.40 bits per heavy atom. The molecule has 0 unspecified atom stereocenters. The number of pyridine rings is 1. The smallest absolute Gasteiger partial charge is 0.272 e. The fourth-order valence-corrected chi connectivity index (χ4v) is 4.58. The van der Waals surface area contributed by atoms with Crippen molar-refractivity contribution in [1.82, 2.24) is 4.98 Å². The van der Waals surface area contributed by atoms with E-state index < -0.39 is 10.0 Å². The van der Waals surface area contributed by atoms with Gasteiger partial charge >= 0.3 is 0 Å². The van der Waals surface area contributed by atoms with Gasteiger partial charge in [0.2, 0.25) is 0 Å². The van der Waals surface area contributed by atoms with Gasteiger partial charge in [0.1, 0.15) is 10.0 Å². The maximum atomic E-state index is 12.3. The topological polar surface area (TPSA) is 71.1 Å². The van der Waals surface area contributed by atoms with E-state index >= 15 is 0 Å². The van der Waals surface area contributed by atoms with Crippen molar-refractivity contribution < 1.29 is 8.42 Å². The van der Waals surface area contributed by atoms with E-state index in [-0.39, 0.29) is 10.0 Å². The first-order chi connectivity index (χ1) is 11.8. The van der Waals surface area contributed by atoms with E-state index in [0.717, 1.165) is 21.8 Å². The Hall–Kier alpha value is -2.09. The molecule has 3 rings (SSSR count). The average Bonchev–Trinajstić information content (AvgIpc) is 3.00. The Balaban J connectivity index is 1.72. The molecule has 0 atom stereocenters. The standard InChI is InChI=1S/C17H16ClN3O2S2/c1-11-3-5-13(9-15(11)18)20-14-6-7-16(19-10-14)21-25(22,23)17-8-4-12(2)24-17/h3-10,20H,1-2H3,(H,19,21). The Bertz CT molecular complexity index is 999. The van der Waals surface area contributed by atoms with Crippen molar-refractivity contribution in [2.75, 3.05) is 10.0 Å². The van der Waals surface area contributed by atoms with Gasteiger partial charge in [0.05, 0.1) is 11.9 Å². The molecule has 0 saturated carbocycles. The third-order valence-electron chi connectivity index (χ3n) is 3.44. The molecule has 0 fully saturated rings. The lowest BCUT2D eigenvalue weighted by Crippen LogP contribution is -2.12. The van der Waals surface area contributed by atoms with Gasteiger partial charge in [-0.3, -0.25) is 4.72 Å². The third-order valence-corrected chi connectivity index (χ3v) is 6.70. The number of nitrogens with one attached hydrogen (secondary N) is 2. The van der Waals surface area contributed by atoms with Gasteiger partial charge in [-0.25, -0.2) is 13.4 Å². The number of anilines is 3. The molecule has 0 aliphatic carbocycles. The number of aryl methyl sites for hydroxylation is 2. The summed E-state index contributed by atoms with van der Waals surface area (Å²) in [4.78, 5) is 5.09. The summed E-state index contributed by atoms with van der Waals surface area (Å²) in [6, 6.07) is 12.4. The van der Waals surface area contributed by atoms with Crippen molar-refractivity contribution in [2.45, 2.75) is 18.1 Å². The molecule has 0 aliphatic rings. The Morgan fingerprint density at radius 2 is 1.80 bits per heavy atom. The lowest BCUT2D eigenvalue weighted by Gasteiger charge is -2.09. The number of rotatable bonds is 5. The zero-order valence-electron chi connectivity index (χ0n) is 13.6. The quantitative estimate of drug-likeness (QED) is 0.642. The van der Waals surface area contributed by atoms with Crippen LogP contribution in [0.3, 0.4) is 0 Å². The molecule has 0 radical (unpaired) electrons. The number of benzene rings is 1. The van der Waals surface area contributed by atoms with Crippen LogP contribution >= 0.6 is 22.9 Å². The van der Waals surface area contributed by atoms with Crippen LogP contribution < -0.4 is 10.0 Å². The number of hydrogen-bond donors (Lipinski definition) is 2. The zero-order valence-corrected chi connectivity index (χ0v) is 16.0. The van der Waals surface area contributed by atoms with Gasteiger partial charge in [-0.15, -0.1) is 11.3 Å². The van der Waals surface area contributed by atoms with Crippen LogP contribution in [-0.2, 0) is 10.0 Å². The molecule has 8 heteroatoms. The Labute approximate surface area is 155 Å². The first kappa shape index (κ1) is 17.7. The number of nitrogens with zero attached hydrogens (tertiary/aromatic N) is 1. The van der Waals surface area contributed by atoms with Gasteiger partial charge < -0.3 is 5.32 Å². The van der Waals surface area contributed by atoms with Crippen LogP contribution in [0.1, 0.15) is 10.4 Å². The summed E-state index contributed by atoms with van der Waals surface area (Å²) in [5.74, 6) is 0.263. The van der Waals surface area contributed by atoms with Gasteiger partial charge in [-0.2, -0.15) is 0 Å². The number of thiophene rings is 1. The van der Waals surface area contributed by atoms with Gasteiger partial charge in [-0.05, 0) is 55.8 Å². The second-order valence-corrected chi connectivity index (χ2v) is 9.10. The molecule has 0 saturated heterocycles. The van der Waals surface area contributed by atoms with Gasteiger partial charge in [0.25, 0.3) is 10.0 Å². The minimum absolute atomic E-state index is 0.263. The van der Waals surface area contributed by atoms with Crippen molar-refractivity contribution in [3.05, 3.63) is 64.1 Å². The number of halogens is 1. The molecule has 5 nitrogen and oxygen atoms in total. The summed E-state index contributed by atoms with van der Waals surface area (Å²) in [5.41, 5.74) is 2.56. The molecule has 2 aromatic heterocycles. The van der Waals surface area contributed by atoms with Crippen molar-refractivity contribution in [3.63, 3.8) is 0 Å². The maximum Gasteiger partial charge on any atom is 0.272 e.